The van der Waals surface area contributed by atoms with Crippen LogP contribution in [0, 0.1) is 0 Å². The van der Waals surface area contributed by atoms with E-state index in [4.69, 9.17) is 0 Å². The van der Waals surface area contributed by atoms with Gasteiger partial charge < -0.3 is 20.7 Å². The van der Waals surface area contributed by atoms with Crippen molar-refractivity contribution in [1.82, 2.24) is 16.0 Å². The normalized spacial score (nSPS) is 11.6. The van der Waals surface area contributed by atoms with Gasteiger partial charge in [-0.05, 0) is 26.8 Å². The molecule has 2 amide bonds. The van der Waals surface area contributed by atoms with E-state index in [-0.39, 0.29) is 36.8 Å². The molecular weight excluding hydrogens is 274 g/mol. The van der Waals surface area contributed by atoms with Gasteiger partial charge in [-0.2, -0.15) is 0 Å². The van der Waals surface area contributed by atoms with Crippen LogP contribution in [0.25, 0.3) is 0 Å². The SMILES string of the molecule is CNCC(=O)N[C@@H](C)CC(=O)NCCCCCC(=O)OC. The van der Waals surface area contributed by atoms with Gasteiger partial charge in [-0.25, -0.2) is 0 Å². The number of hydrogen-bond donors (Lipinski definition) is 3. The Kier molecular flexibility index (Phi) is 11.2. The van der Waals surface area contributed by atoms with E-state index in [1.807, 2.05) is 0 Å². The number of likely N-dealkylation sites (N-methyl/N-ethyl adjacent to an activating group) is 1. The van der Waals surface area contributed by atoms with Gasteiger partial charge in [0.05, 0.1) is 13.7 Å². The summed E-state index contributed by atoms with van der Waals surface area (Å²) in [4.78, 5) is 33.8. The van der Waals surface area contributed by atoms with Crippen molar-refractivity contribution in [2.45, 2.75) is 45.1 Å². The quantitative estimate of drug-likeness (QED) is 0.367. The highest BCUT2D eigenvalue weighted by Gasteiger charge is 2.10. The van der Waals surface area contributed by atoms with Crippen LogP contribution in [0.1, 0.15) is 39.0 Å². The van der Waals surface area contributed by atoms with Crippen LogP contribution in [0.2, 0.25) is 0 Å². The van der Waals surface area contributed by atoms with Gasteiger partial charge >= 0.3 is 5.97 Å². The Morgan fingerprint density at radius 2 is 1.81 bits per heavy atom. The maximum absolute atomic E-state index is 11.6. The van der Waals surface area contributed by atoms with Gasteiger partial charge in [0, 0.05) is 25.4 Å². The van der Waals surface area contributed by atoms with E-state index in [1.54, 1.807) is 14.0 Å². The Hall–Kier alpha value is -1.63. The number of esters is 1. The molecule has 0 bridgehead atoms. The van der Waals surface area contributed by atoms with Gasteiger partial charge in [-0.15, -0.1) is 0 Å². The predicted molar refractivity (Wildman–Crippen MR) is 79.6 cm³/mol. The maximum atomic E-state index is 11.6. The molecule has 1 atom stereocenters. The number of rotatable bonds is 11. The minimum absolute atomic E-state index is 0.0831. The Bertz CT molecular complexity index is 334. The minimum atomic E-state index is -0.204. The number of hydrogen-bond acceptors (Lipinski definition) is 5. The fourth-order valence-corrected chi connectivity index (χ4v) is 1.79. The van der Waals surface area contributed by atoms with Crippen LogP contribution in [0.15, 0.2) is 0 Å². The highest BCUT2D eigenvalue weighted by Crippen LogP contribution is 2.00. The largest absolute Gasteiger partial charge is 0.469 e. The van der Waals surface area contributed by atoms with Crippen molar-refractivity contribution in [1.29, 1.82) is 0 Å². The second kappa shape index (κ2) is 12.1. The summed E-state index contributed by atoms with van der Waals surface area (Å²) in [6, 6.07) is -0.190. The van der Waals surface area contributed by atoms with E-state index in [0.717, 1.165) is 19.3 Å². The zero-order valence-electron chi connectivity index (χ0n) is 13.2. The van der Waals surface area contributed by atoms with Gasteiger partial charge in [0.25, 0.3) is 0 Å². The lowest BCUT2D eigenvalue weighted by atomic mass is 10.2. The fourth-order valence-electron chi connectivity index (χ4n) is 1.79. The van der Waals surface area contributed by atoms with Crippen LogP contribution in [0.4, 0.5) is 0 Å². The van der Waals surface area contributed by atoms with Crippen molar-refractivity contribution >= 4 is 17.8 Å². The number of carbonyl (C=O) groups is 3. The Balaban J connectivity index is 3.57. The molecule has 0 saturated heterocycles. The van der Waals surface area contributed by atoms with E-state index in [2.05, 4.69) is 20.7 Å². The molecule has 122 valence electrons. The van der Waals surface area contributed by atoms with Crippen molar-refractivity contribution in [3.05, 3.63) is 0 Å². The molecule has 0 rings (SSSR count). The van der Waals surface area contributed by atoms with Gasteiger partial charge in [0.1, 0.15) is 0 Å². The summed E-state index contributed by atoms with van der Waals surface area (Å²) in [6.07, 6.45) is 3.13. The van der Waals surface area contributed by atoms with E-state index < -0.39 is 0 Å². The summed E-state index contributed by atoms with van der Waals surface area (Å²) in [5.41, 5.74) is 0. The summed E-state index contributed by atoms with van der Waals surface area (Å²) < 4.78 is 4.54. The third-order valence-corrected chi connectivity index (χ3v) is 2.84. The summed E-state index contributed by atoms with van der Waals surface area (Å²) >= 11 is 0. The molecule has 0 fully saturated rings. The lowest BCUT2D eigenvalue weighted by Gasteiger charge is -2.13. The average Bonchev–Trinajstić information content (AvgIpc) is 2.42. The molecule has 0 aliphatic carbocycles. The molecule has 0 aromatic rings. The molecule has 0 saturated carbocycles. The molecule has 7 heteroatoms. The molecule has 0 aromatic carbocycles. The van der Waals surface area contributed by atoms with Crippen molar-refractivity contribution in [2.75, 3.05) is 27.2 Å². The fraction of sp³-hybridized carbons (Fsp3) is 0.786. The number of ether oxygens (including phenoxy) is 1. The molecule has 21 heavy (non-hydrogen) atoms. The molecule has 0 radical (unpaired) electrons. The Labute approximate surface area is 126 Å². The van der Waals surface area contributed by atoms with Crippen LogP contribution in [-0.4, -0.2) is 51.1 Å². The van der Waals surface area contributed by atoms with E-state index >= 15 is 0 Å². The summed E-state index contributed by atoms with van der Waals surface area (Å²) in [5, 5.41) is 8.27. The monoisotopic (exact) mass is 301 g/mol. The molecule has 0 unspecified atom stereocenters. The van der Waals surface area contributed by atoms with Crippen molar-refractivity contribution in [2.24, 2.45) is 0 Å². The number of unbranched alkanes of at least 4 members (excludes halogenated alkanes) is 2. The predicted octanol–water partition coefficient (Wildman–Crippen LogP) is -0.0498. The summed E-state index contributed by atoms with van der Waals surface area (Å²) in [7, 11) is 3.07. The van der Waals surface area contributed by atoms with Gasteiger partial charge in [0.15, 0.2) is 0 Å². The van der Waals surface area contributed by atoms with Crippen LogP contribution in [-0.2, 0) is 19.1 Å². The number of nitrogens with one attached hydrogen (secondary N) is 3. The van der Waals surface area contributed by atoms with E-state index in [0.29, 0.717) is 13.0 Å². The van der Waals surface area contributed by atoms with Gasteiger partial charge in [-0.3, -0.25) is 14.4 Å². The van der Waals surface area contributed by atoms with Crippen molar-refractivity contribution in [3.63, 3.8) is 0 Å². The van der Waals surface area contributed by atoms with E-state index in [1.165, 1.54) is 7.11 Å². The first-order valence-electron chi connectivity index (χ1n) is 7.27. The molecule has 0 aliphatic rings. The molecular formula is C14H27N3O4. The molecule has 0 aromatic heterocycles. The van der Waals surface area contributed by atoms with Crippen molar-refractivity contribution in [3.8, 4) is 0 Å². The molecule has 0 heterocycles. The lowest BCUT2D eigenvalue weighted by Crippen LogP contribution is -2.40. The van der Waals surface area contributed by atoms with Crippen LogP contribution in [0.5, 0.6) is 0 Å². The Morgan fingerprint density at radius 3 is 2.43 bits per heavy atom. The molecule has 0 aliphatic heterocycles. The zero-order valence-corrected chi connectivity index (χ0v) is 13.2. The second-order valence-electron chi connectivity index (χ2n) is 4.94. The Morgan fingerprint density at radius 1 is 1.10 bits per heavy atom. The van der Waals surface area contributed by atoms with Crippen LogP contribution in [0.3, 0.4) is 0 Å². The van der Waals surface area contributed by atoms with Crippen LogP contribution >= 0.6 is 0 Å². The van der Waals surface area contributed by atoms with Gasteiger partial charge in [-0.1, -0.05) is 6.42 Å². The topological polar surface area (TPSA) is 96.5 Å². The first kappa shape index (κ1) is 19.4. The highest BCUT2D eigenvalue weighted by atomic mass is 16.5. The first-order chi connectivity index (χ1) is 9.99. The zero-order chi connectivity index (χ0) is 16.1. The van der Waals surface area contributed by atoms with Crippen molar-refractivity contribution < 1.29 is 19.1 Å². The third kappa shape index (κ3) is 11.9. The summed E-state index contributed by atoms with van der Waals surface area (Å²) in [5.74, 6) is -0.411. The smallest absolute Gasteiger partial charge is 0.305 e. The number of amides is 2. The lowest BCUT2D eigenvalue weighted by molar-refractivity contribution is -0.140. The molecule has 3 N–H and O–H groups in total. The minimum Gasteiger partial charge on any atom is -0.469 e. The van der Waals surface area contributed by atoms with Gasteiger partial charge in [0.2, 0.25) is 11.8 Å². The standard InChI is InChI=1S/C14H27N3O4/c1-11(17-13(19)10-15-2)9-12(18)16-8-6-4-5-7-14(20)21-3/h11,15H,4-10H2,1-3H3,(H,16,18)(H,17,19)/t11-/m0/s1. The third-order valence-electron chi connectivity index (χ3n) is 2.84. The highest BCUT2D eigenvalue weighted by molar-refractivity contribution is 5.80. The molecule has 7 nitrogen and oxygen atoms in total. The number of methoxy groups -OCH3 is 1. The number of carbonyl (C=O) groups excluding carboxylic acids is 3. The maximum Gasteiger partial charge on any atom is 0.305 e. The van der Waals surface area contributed by atoms with Crippen LogP contribution < -0.4 is 16.0 Å². The summed E-state index contributed by atoms with van der Waals surface area (Å²) in [6.45, 7) is 2.62. The van der Waals surface area contributed by atoms with E-state index in [9.17, 15) is 14.4 Å². The first-order valence-corrected chi connectivity index (χ1v) is 7.27. The second-order valence-corrected chi connectivity index (χ2v) is 4.94. The average molecular weight is 301 g/mol. The molecule has 0 spiro atoms.